The van der Waals surface area contributed by atoms with E-state index in [4.69, 9.17) is 21.1 Å². The third-order valence-corrected chi connectivity index (χ3v) is 3.60. The average molecular weight is 288 g/mol. The molecule has 1 aromatic carbocycles. The van der Waals surface area contributed by atoms with Crippen LogP contribution in [-0.2, 0) is 4.74 Å². The first kappa shape index (κ1) is 14.6. The van der Waals surface area contributed by atoms with Crippen LogP contribution in [0.25, 0.3) is 0 Å². The molecule has 2 atom stereocenters. The first-order valence-corrected chi connectivity index (χ1v) is 6.98. The zero-order valence-corrected chi connectivity index (χ0v) is 11.8. The molecular weight excluding hydrogens is 269 g/mol. The van der Waals surface area contributed by atoms with Gasteiger partial charge in [0.2, 0.25) is 0 Å². The molecule has 1 N–H and O–H groups in total. The van der Waals surface area contributed by atoms with E-state index in [0.717, 1.165) is 19.5 Å². The Kier molecular flexibility index (Phi) is 5.43. The molecule has 1 aromatic rings. The third-order valence-electron chi connectivity index (χ3n) is 3.29. The summed E-state index contributed by atoms with van der Waals surface area (Å²) in [5, 5.41) is 3.41. The first-order chi connectivity index (χ1) is 9.20. The maximum Gasteiger partial charge on any atom is 0.145 e. The summed E-state index contributed by atoms with van der Waals surface area (Å²) < 4.78 is 24.7. The molecule has 5 heteroatoms. The topological polar surface area (TPSA) is 30.5 Å². The van der Waals surface area contributed by atoms with Crippen molar-refractivity contribution in [3.05, 3.63) is 29.0 Å². The summed E-state index contributed by atoms with van der Waals surface area (Å²) >= 11 is 5.66. The minimum atomic E-state index is -0.459. The van der Waals surface area contributed by atoms with Gasteiger partial charge in [0.1, 0.15) is 17.7 Å². The molecule has 0 amide bonds. The SMILES string of the molecule is CCOC[C@H](Oc1ccc(Cl)c(F)c1)C1CCNC1. The standard InChI is InChI=1S/C14H19ClFNO2/c1-2-18-9-14(10-5-6-17-8-10)19-11-3-4-12(15)13(16)7-11/h3-4,7,10,14,17H,2,5-6,8-9H2,1H3/t10?,14-/m0/s1. The van der Waals surface area contributed by atoms with Crippen LogP contribution < -0.4 is 10.1 Å². The van der Waals surface area contributed by atoms with Gasteiger partial charge in [0.25, 0.3) is 0 Å². The van der Waals surface area contributed by atoms with Gasteiger partial charge in [-0.3, -0.25) is 0 Å². The molecule has 0 aliphatic carbocycles. The third kappa shape index (κ3) is 4.06. The molecule has 1 heterocycles. The van der Waals surface area contributed by atoms with Crippen molar-refractivity contribution in [1.82, 2.24) is 5.32 Å². The Morgan fingerprint density at radius 3 is 3.00 bits per heavy atom. The van der Waals surface area contributed by atoms with Gasteiger partial charge in [0.15, 0.2) is 0 Å². The molecule has 1 aliphatic heterocycles. The number of rotatable bonds is 6. The van der Waals surface area contributed by atoms with E-state index in [0.29, 0.717) is 24.9 Å². The van der Waals surface area contributed by atoms with E-state index in [2.05, 4.69) is 5.32 Å². The van der Waals surface area contributed by atoms with Gasteiger partial charge in [0, 0.05) is 25.1 Å². The predicted molar refractivity (Wildman–Crippen MR) is 73.3 cm³/mol. The zero-order chi connectivity index (χ0) is 13.7. The zero-order valence-electron chi connectivity index (χ0n) is 11.0. The molecule has 1 unspecified atom stereocenters. The highest BCUT2D eigenvalue weighted by Crippen LogP contribution is 2.24. The Morgan fingerprint density at radius 1 is 1.53 bits per heavy atom. The smallest absolute Gasteiger partial charge is 0.145 e. The molecule has 0 spiro atoms. The van der Waals surface area contributed by atoms with E-state index in [1.54, 1.807) is 6.07 Å². The molecule has 0 bridgehead atoms. The number of nitrogens with one attached hydrogen (secondary N) is 1. The van der Waals surface area contributed by atoms with Gasteiger partial charge in [-0.15, -0.1) is 0 Å². The summed E-state index contributed by atoms with van der Waals surface area (Å²) in [6.45, 7) is 5.02. The Balaban J connectivity index is 2.03. The van der Waals surface area contributed by atoms with E-state index in [-0.39, 0.29) is 11.1 Å². The normalized spacial score (nSPS) is 20.5. The van der Waals surface area contributed by atoms with Crippen molar-refractivity contribution in [3.8, 4) is 5.75 Å². The summed E-state index contributed by atoms with van der Waals surface area (Å²) in [6.07, 6.45) is 0.990. The fourth-order valence-corrected chi connectivity index (χ4v) is 2.34. The maximum atomic E-state index is 13.4. The van der Waals surface area contributed by atoms with Crippen LogP contribution in [0.4, 0.5) is 4.39 Å². The van der Waals surface area contributed by atoms with Crippen LogP contribution in [0, 0.1) is 11.7 Å². The molecule has 2 rings (SSSR count). The Hall–Kier alpha value is -0.840. The van der Waals surface area contributed by atoms with Gasteiger partial charge in [0.05, 0.1) is 11.6 Å². The number of benzene rings is 1. The van der Waals surface area contributed by atoms with Gasteiger partial charge in [-0.2, -0.15) is 0 Å². The lowest BCUT2D eigenvalue weighted by Crippen LogP contribution is -2.33. The lowest BCUT2D eigenvalue weighted by atomic mass is 10.0. The molecule has 1 fully saturated rings. The minimum Gasteiger partial charge on any atom is -0.488 e. The van der Waals surface area contributed by atoms with Crippen LogP contribution in [0.1, 0.15) is 13.3 Å². The second kappa shape index (κ2) is 7.08. The second-order valence-corrected chi connectivity index (χ2v) is 5.05. The maximum absolute atomic E-state index is 13.4. The molecule has 0 radical (unpaired) electrons. The number of hydrogen-bond donors (Lipinski definition) is 1. The molecular formula is C14H19ClFNO2. The molecule has 0 saturated carbocycles. The highest BCUT2D eigenvalue weighted by Gasteiger charge is 2.26. The highest BCUT2D eigenvalue weighted by atomic mass is 35.5. The van der Waals surface area contributed by atoms with Gasteiger partial charge < -0.3 is 14.8 Å². The van der Waals surface area contributed by atoms with Crippen LogP contribution in [0.2, 0.25) is 5.02 Å². The lowest BCUT2D eigenvalue weighted by Gasteiger charge is -2.24. The van der Waals surface area contributed by atoms with E-state index in [1.807, 2.05) is 6.92 Å². The van der Waals surface area contributed by atoms with Crippen molar-refractivity contribution in [2.75, 3.05) is 26.3 Å². The van der Waals surface area contributed by atoms with E-state index in [9.17, 15) is 4.39 Å². The quantitative estimate of drug-likeness (QED) is 0.873. The Labute approximate surface area is 118 Å². The molecule has 1 aliphatic rings. The van der Waals surface area contributed by atoms with E-state index in [1.165, 1.54) is 12.1 Å². The van der Waals surface area contributed by atoms with Crippen LogP contribution in [0.5, 0.6) is 5.75 Å². The van der Waals surface area contributed by atoms with Gasteiger partial charge in [-0.05, 0) is 32.0 Å². The van der Waals surface area contributed by atoms with Crippen molar-refractivity contribution >= 4 is 11.6 Å². The Morgan fingerprint density at radius 2 is 2.37 bits per heavy atom. The highest BCUT2D eigenvalue weighted by molar-refractivity contribution is 6.30. The van der Waals surface area contributed by atoms with Gasteiger partial charge in [-0.25, -0.2) is 4.39 Å². The lowest BCUT2D eigenvalue weighted by molar-refractivity contribution is 0.0290. The minimum absolute atomic E-state index is 0.0597. The second-order valence-electron chi connectivity index (χ2n) is 4.64. The number of hydrogen-bond acceptors (Lipinski definition) is 3. The van der Waals surface area contributed by atoms with Crippen LogP contribution >= 0.6 is 11.6 Å². The average Bonchev–Trinajstić information content (AvgIpc) is 2.92. The van der Waals surface area contributed by atoms with Gasteiger partial charge in [-0.1, -0.05) is 11.6 Å². The fourth-order valence-electron chi connectivity index (χ4n) is 2.22. The molecule has 3 nitrogen and oxygen atoms in total. The van der Waals surface area contributed by atoms with Crippen LogP contribution in [-0.4, -0.2) is 32.4 Å². The number of ether oxygens (including phenoxy) is 2. The van der Waals surface area contributed by atoms with Crippen molar-refractivity contribution in [2.45, 2.75) is 19.4 Å². The summed E-state index contributed by atoms with van der Waals surface area (Å²) in [4.78, 5) is 0. The largest absolute Gasteiger partial charge is 0.488 e. The number of halogens is 2. The molecule has 19 heavy (non-hydrogen) atoms. The van der Waals surface area contributed by atoms with Crippen molar-refractivity contribution in [3.63, 3.8) is 0 Å². The van der Waals surface area contributed by atoms with Crippen LogP contribution in [0.15, 0.2) is 18.2 Å². The first-order valence-electron chi connectivity index (χ1n) is 6.61. The van der Waals surface area contributed by atoms with Gasteiger partial charge >= 0.3 is 0 Å². The van der Waals surface area contributed by atoms with Crippen LogP contribution in [0.3, 0.4) is 0 Å². The van der Waals surface area contributed by atoms with E-state index < -0.39 is 5.82 Å². The summed E-state index contributed by atoms with van der Waals surface area (Å²) in [5.41, 5.74) is 0. The summed E-state index contributed by atoms with van der Waals surface area (Å²) in [5.74, 6) is 0.433. The fraction of sp³-hybridized carbons (Fsp3) is 0.571. The Bertz CT molecular complexity index is 410. The van der Waals surface area contributed by atoms with Crippen molar-refractivity contribution in [1.29, 1.82) is 0 Å². The molecule has 106 valence electrons. The van der Waals surface area contributed by atoms with E-state index >= 15 is 0 Å². The molecule has 1 saturated heterocycles. The summed E-state index contributed by atoms with van der Waals surface area (Å²) in [7, 11) is 0. The van der Waals surface area contributed by atoms with Crippen molar-refractivity contribution < 1.29 is 13.9 Å². The van der Waals surface area contributed by atoms with Crippen molar-refractivity contribution in [2.24, 2.45) is 5.92 Å². The molecule has 0 aromatic heterocycles. The monoisotopic (exact) mass is 287 g/mol. The predicted octanol–water partition coefficient (Wildman–Crippen LogP) is 2.87. The summed E-state index contributed by atoms with van der Waals surface area (Å²) in [6, 6.07) is 4.52.